The average molecular weight is 365 g/mol. The second-order valence-corrected chi connectivity index (χ2v) is 7.28. The first-order valence-corrected chi connectivity index (χ1v) is 9.22. The highest BCUT2D eigenvalue weighted by atomic mass is 32.1. The molecule has 4 aromatic rings. The van der Waals surface area contributed by atoms with E-state index in [2.05, 4.69) is 27.0 Å². The first-order valence-electron chi connectivity index (χ1n) is 8.41. The summed E-state index contributed by atoms with van der Waals surface area (Å²) in [5.41, 5.74) is 3.06. The summed E-state index contributed by atoms with van der Waals surface area (Å²) in [6.07, 6.45) is 1.76. The number of nitrogens with one attached hydrogen (secondary N) is 1. The van der Waals surface area contributed by atoms with E-state index in [9.17, 15) is 4.79 Å². The summed E-state index contributed by atoms with van der Waals surface area (Å²) in [4.78, 5) is 18.9. The van der Waals surface area contributed by atoms with Gasteiger partial charge in [-0.3, -0.25) is 4.79 Å². The molecule has 0 aliphatic heterocycles. The fourth-order valence-electron chi connectivity index (χ4n) is 3.14. The molecular weight excluding hydrogens is 346 g/mol. The van der Waals surface area contributed by atoms with E-state index in [1.165, 1.54) is 11.3 Å². The van der Waals surface area contributed by atoms with Crippen molar-refractivity contribution in [1.29, 1.82) is 0 Å². The van der Waals surface area contributed by atoms with Crippen molar-refractivity contribution in [3.8, 4) is 5.69 Å². The molecule has 0 bridgehead atoms. The molecule has 26 heavy (non-hydrogen) atoms. The molecule has 0 saturated carbocycles. The molecule has 1 N–H and O–H groups in total. The van der Waals surface area contributed by atoms with E-state index < -0.39 is 0 Å². The number of hydrogen-bond donors (Lipinski definition) is 1. The highest BCUT2D eigenvalue weighted by Gasteiger charge is 2.22. The third-order valence-corrected chi connectivity index (χ3v) is 5.46. The molecule has 0 aromatic carbocycles. The predicted molar refractivity (Wildman–Crippen MR) is 103 cm³/mol. The van der Waals surface area contributed by atoms with Gasteiger partial charge < -0.3 is 14.3 Å². The van der Waals surface area contributed by atoms with Gasteiger partial charge in [0.25, 0.3) is 5.91 Å². The number of furan rings is 1. The van der Waals surface area contributed by atoms with Gasteiger partial charge in [0.1, 0.15) is 21.2 Å². The van der Waals surface area contributed by atoms with E-state index in [1.54, 1.807) is 6.20 Å². The van der Waals surface area contributed by atoms with E-state index in [0.717, 1.165) is 38.8 Å². The summed E-state index contributed by atoms with van der Waals surface area (Å²) >= 11 is 1.41. The van der Waals surface area contributed by atoms with Gasteiger partial charge in [-0.15, -0.1) is 11.3 Å². The van der Waals surface area contributed by atoms with E-state index in [0.29, 0.717) is 11.4 Å². The molecule has 0 atom stereocenters. The fourth-order valence-corrected chi connectivity index (χ4v) is 4.19. The van der Waals surface area contributed by atoms with Crippen molar-refractivity contribution in [3.05, 3.63) is 70.4 Å². The van der Waals surface area contributed by atoms with Gasteiger partial charge in [-0.05, 0) is 57.2 Å². The van der Waals surface area contributed by atoms with Crippen LogP contribution < -0.4 is 5.32 Å². The van der Waals surface area contributed by atoms with Gasteiger partial charge in [-0.25, -0.2) is 4.98 Å². The quantitative estimate of drug-likeness (QED) is 0.578. The van der Waals surface area contributed by atoms with Crippen molar-refractivity contribution in [1.82, 2.24) is 14.9 Å². The summed E-state index contributed by atoms with van der Waals surface area (Å²) in [6, 6.07) is 11.8. The van der Waals surface area contributed by atoms with Crippen LogP contribution in [0, 0.1) is 20.8 Å². The number of nitrogens with zero attached hydrogens (tertiary/aromatic N) is 2. The fraction of sp³-hybridized carbons (Fsp3) is 0.200. The molecule has 5 nitrogen and oxygen atoms in total. The number of thiophene rings is 1. The molecule has 4 heterocycles. The highest BCUT2D eigenvalue weighted by Crippen LogP contribution is 2.34. The molecule has 4 aromatic heterocycles. The van der Waals surface area contributed by atoms with Gasteiger partial charge in [0.05, 0.1) is 12.2 Å². The molecule has 1 amide bonds. The lowest BCUT2D eigenvalue weighted by molar-refractivity contribution is 0.0952. The smallest absolute Gasteiger partial charge is 0.263 e. The summed E-state index contributed by atoms with van der Waals surface area (Å²) in [5.74, 6) is 1.45. The van der Waals surface area contributed by atoms with Crippen molar-refractivity contribution >= 4 is 27.5 Å². The number of pyridine rings is 1. The van der Waals surface area contributed by atoms with Crippen molar-refractivity contribution in [2.45, 2.75) is 27.3 Å². The Morgan fingerprint density at radius 2 is 1.92 bits per heavy atom. The van der Waals surface area contributed by atoms with E-state index in [1.807, 2.05) is 45.0 Å². The topological polar surface area (TPSA) is 60.1 Å². The summed E-state index contributed by atoms with van der Waals surface area (Å²) in [5, 5.41) is 3.95. The summed E-state index contributed by atoms with van der Waals surface area (Å²) in [7, 11) is 0. The van der Waals surface area contributed by atoms with Crippen molar-refractivity contribution in [2.75, 3.05) is 0 Å². The molecule has 0 aliphatic rings. The standard InChI is InChI=1S/C20H19N3O2S/c1-12-6-7-13(2)23(12)17-16-5-4-10-21-20(16)26-18(17)19(24)22-11-15-9-8-14(3)25-15/h4-10H,11H2,1-3H3,(H,22,24). The highest BCUT2D eigenvalue weighted by molar-refractivity contribution is 7.21. The number of amides is 1. The number of aromatic nitrogens is 2. The largest absolute Gasteiger partial charge is 0.465 e. The van der Waals surface area contributed by atoms with E-state index >= 15 is 0 Å². The number of aryl methyl sites for hydroxylation is 3. The predicted octanol–water partition coefficient (Wildman–Crippen LogP) is 4.54. The number of fused-ring (bicyclic) bond motifs is 1. The van der Waals surface area contributed by atoms with Crippen LogP contribution in [0.5, 0.6) is 0 Å². The van der Waals surface area contributed by atoms with Gasteiger partial charge >= 0.3 is 0 Å². The Morgan fingerprint density at radius 1 is 1.15 bits per heavy atom. The average Bonchev–Trinajstić information content (AvgIpc) is 3.30. The first kappa shape index (κ1) is 16.6. The van der Waals surface area contributed by atoms with Crippen LogP contribution in [-0.4, -0.2) is 15.5 Å². The normalized spacial score (nSPS) is 11.2. The molecule has 4 rings (SSSR count). The molecule has 0 aliphatic carbocycles. The van der Waals surface area contributed by atoms with Crippen LogP contribution >= 0.6 is 11.3 Å². The Morgan fingerprint density at radius 3 is 2.62 bits per heavy atom. The van der Waals surface area contributed by atoms with Crippen molar-refractivity contribution in [2.24, 2.45) is 0 Å². The molecule has 132 valence electrons. The molecule has 0 spiro atoms. The van der Waals surface area contributed by atoms with Crippen LogP contribution in [0.2, 0.25) is 0 Å². The minimum atomic E-state index is -0.121. The maximum Gasteiger partial charge on any atom is 0.263 e. The molecule has 6 heteroatoms. The number of rotatable bonds is 4. The summed E-state index contributed by atoms with van der Waals surface area (Å²) < 4.78 is 7.66. The Hall–Kier alpha value is -2.86. The molecule has 0 fully saturated rings. The Labute approximate surface area is 155 Å². The lowest BCUT2D eigenvalue weighted by Crippen LogP contribution is -2.23. The molecule has 0 saturated heterocycles. The number of carbonyl (C=O) groups is 1. The second kappa shape index (κ2) is 6.46. The van der Waals surface area contributed by atoms with Crippen LogP contribution in [0.4, 0.5) is 0 Å². The van der Waals surface area contributed by atoms with E-state index in [4.69, 9.17) is 4.42 Å². The van der Waals surface area contributed by atoms with Gasteiger partial charge in [-0.2, -0.15) is 0 Å². The van der Waals surface area contributed by atoms with Crippen LogP contribution in [0.3, 0.4) is 0 Å². The Kier molecular flexibility index (Phi) is 4.12. The molecule has 0 unspecified atom stereocenters. The zero-order valence-electron chi connectivity index (χ0n) is 14.9. The van der Waals surface area contributed by atoms with Gasteiger partial charge in [0, 0.05) is 23.0 Å². The molecule has 0 radical (unpaired) electrons. The van der Waals surface area contributed by atoms with Crippen LogP contribution in [0.1, 0.15) is 32.6 Å². The number of carbonyl (C=O) groups excluding carboxylic acids is 1. The van der Waals surface area contributed by atoms with E-state index in [-0.39, 0.29) is 5.91 Å². The third kappa shape index (κ3) is 2.82. The van der Waals surface area contributed by atoms with Crippen molar-refractivity contribution < 1.29 is 9.21 Å². The summed E-state index contributed by atoms with van der Waals surface area (Å²) in [6.45, 7) is 6.33. The lowest BCUT2D eigenvalue weighted by atomic mass is 10.2. The molecular formula is C20H19N3O2S. The van der Waals surface area contributed by atoms with Crippen LogP contribution in [0.15, 0.2) is 47.0 Å². The maximum atomic E-state index is 12.9. The minimum Gasteiger partial charge on any atom is -0.465 e. The second-order valence-electron chi connectivity index (χ2n) is 6.28. The number of hydrogen-bond acceptors (Lipinski definition) is 4. The van der Waals surface area contributed by atoms with Gasteiger partial charge in [0.2, 0.25) is 0 Å². The van der Waals surface area contributed by atoms with Crippen LogP contribution in [0.25, 0.3) is 15.9 Å². The van der Waals surface area contributed by atoms with Gasteiger partial charge in [-0.1, -0.05) is 0 Å². The van der Waals surface area contributed by atoms with Crippen LogP contribution in [-0.2, 0) is 6.54 Å². The zero-order valence-corrected chi connectivity index (χ0v) is 15.7. The lowest BCUT2D eigenvalue weighted by Gasteiger charge is -2.11. The first-order chi connectivity index (χ1) is 12.5. The SMILES string of the molecule is Cc1ccc(CNC(=O)c2sc3ncccc3c2-n2c(C)ccc2C)o1. The Bertz CT molecular complexity index is 1080. The zero-order chi connectivity index (χ0) is 18.3. The minimum absolute atomic E-state index is 0.121. The maximum absolute atomic E-state index is 12.9. The monoisotopic (exact) mass is 365 g/mol. The third-order valence-electron chi connectivity index (χ3n) is 4.36. The Balaban J connectivity index is 1.77. The van der Waals surface area contributed by atoms with Crippen molar-refractivity contribution in [3.63, 3.8) is 0 Å². The van der Waals surface area contributed by atoms with Gasteiger partial charge in [0.15, 0.2) is 0 Å².